The summed E-state index contributed by atoms with van der Waals surface area (Å²) in [5, 5.41) is 12.4. The Morgan fingerprint density at radius 1 is 1.50 bits per heavy atom. The number of aliphatic hydroxyl groups excluding tert-OH is 1. The monoisotopic (exact) mass is 251 g/mol. The molecular weight excluding hydrogens is 230 g/mol. The first-order chi connectivity index (χ1) is 8.58. The van der Waals surface area contributed by atoms with Gasteiger partial charge >= 0.3 is 0 Å². The molecule has 1 saturated carbocycles. The second-order valence-corrected chi connectivity index (χ2v) is 4.87. The number of hydrogen-bond donors (Lipinski definition) is 3. The van der Waals surface area contributed by atoms with Crippen molar-refractivity contribution in [3.63, 3.8) is 0 Å². The number of aliphatic hydroxyl groups is 1. The molecule has 1 aliphatic rings. The normalized spacial score (nSPS) is 22.4. The molecular formula is C12H21N5O. The molecule has 100 valence electrons. The van der Waals surface area contributed by atoms with Gasteiger partial charge in [0.1, 0.15) is 11.6 Å². The maximum absolute atomic E-state index is 9.29. The molecule has 0 saturated heterocycles. The van der Waals surface area contributed by atoms with Gasteiger partial charge in [0.15, 0.2) is 0 Å². The molecule has 0 bridgehead atoms. The first-order valence-electron chi connectivity index (χ1n) is 6.36. The molecule has 0 unspecified atom stereocenters. The zero-order chi connectivity index (χ0) is 13.1. The number of hydrogen-bond acceptors (Lipinski definition) is 6. The highest BCUT2D eigenvalue weighted by atomic mass is 16.3. The minimum absolute atomic E-state index is 0.115. The van der Waals surface area contributed by atoms with E-state index in [-0.39, 0.29) is 12.1 Å². The summed E-state index contributed by atoms with van der Waals surface area (Å²) in [6.07, 6.45) is 1.65. The Bertz CT molecular complexity index is 405. The number of nitrogen functional groups attached to an aromatic ring is 1. The molecule has 0 atom stereocenters. The second-order valence-electron chi connectivity index (χ2n) is 4.87. The van der Waals surface area contributed by atoms with E-state index in [0.717, 1.165) is 37.6 Å². The fraction of sp³-hybridized carbons (Fsp3) is 0.667. The number of anilines is 3. The Kier molecular flexibility index (Phi) is 3.86. The van der Waals surface area contributed by atoms with Crippen LogP contribution in [-0.2, 0) is 0 Å². The molecule has 2 rings (SSSR count). The summed E-state index contributed by atoms with van der Waals surface area (Å²) in [6, 6.07) is 1.90. The van der Waals surface area contributed by atoms with Gasteiger partial charge in [-0.1, -0.05) is 0 Å². The Morgan fingerprint density at radius 3 is 2.83 bits per heavy atom. The second kappa shape index (κ2) is 5.39. The van der Waals surface area contributed by atoms with Crippen LogP contribution < -0.4 is 16.0 Å². The van der Waals surface area contributed by atoms with Gasteiger partial charge in [0.2, 0.25) is 5.95 Å². The van der Waals surface area contributed by atoms with Crippen LogP contribution in [0, 0.1) is 5.92 Å². The predicted octanol–water partition coefficient (Wildman–Crippen LogP) is 0.698. The van der Waals surface area contributed by atoms with Crippen LogP contribution in [0.25, 0.3) is 0 Å². The number of nitrogens with zero attached hydrogens (tertiary/aromatic N) is 3. The Labute approximate surface area is 107 Å². The van der Waals surface area contributed by atoms with Crippen LogP contribution in [-0.4, -0.2) is 41.3 Å². The van der Waals surface area contributed by atoms with Gasteiger partial charge in [-0.3, -0.25) is 0 Å². The summed E-state index contributed by atoms with van der Waals surface area (Å²) in [5.74, 6) is 2.40. The van der Waals surface area contributed by atoms with Crippen LogP contribution in [0.3, 0.4) is 0 Å². The molecule has 1 aromatic heterocycles. The highest BCUT2D eigenvalue weighted by molar-refractivity contribution is 5.52. The minimum Gasteiger partial charge on any atom is -0.393 e. The first kappa shape index (κ1) is 12.9. The maximum atomic E-state index is 9.29. The number of aromatic nitrogens is 2. The van der Waals surface area contributed by atoms with Crippen molar-refractivity contribution >= 4 is 17.6 Å². The molecule has 1 aromatic rings. The Morgan fingerprint density at radius 2 is 2.22 bits per heavy atom. The minimum atomic E-state index is -0.115. The third-order valence-corrected chi connectivity index (χ3v) is 3.22. The molecule has 6 heteroatoms. The molecule has 4 N–H and O–H groups in total. The lowest BCUT2D eigenvalue weighted by Gasteiger charge is -2.34. The topological polar surface area (TPSA) is 87.3 Å². The van der Waals surface area contributed by atoms with Gasteiger partial charge in [-0.05, 0) is 25.7 Å². The summed E-state index contributed by atoms with van der Waals surface area (Å²) in [6.45, 7) is 3.70. The molecule has 0 aromatic carbocycles. The largest absolute Gasteiger partial charge is 0.393 e. The van der Waals surface area contributed by atoms with Crippen molar-refractivity contribution in [2.24, 2.45) is 5.92 Å². The van der Waals surface area contributed by atoms with E-state index in [1.807, 2.05) is 20.0 Å². The highest BCUT2D eigenvalue weighted by Crippen LogP contribution is 2.29. The molecule has 1 fully saturated rings. The molecule has 0 aliphatic heterocycles. The maximum Gasteiger partial charge on any atom is 0.223 e. The van der Waals surface area contributed by atoms with Crippen molar-refractivity contribution in [2.45, 2.75) is 25.9 Å². The quantitative estimate of drug-likeness (QED) is 0.714. The van der Waals surface area contributed by atoms with Gasteiger partial charge < -0.3 is 21.1 Å². The van der Waals surface area contributed by atoms with Crippen LogP contribution in [0.15, 0.2) is 6.07 Å². The number of nitrogens with two attached hydrogens (primary N) is 1. The molecule has 6 nitrogen and oxygen atoms in total. The van der Waals surface area contributed by atoms with Crippen molar-refractivity contribution in [1.29, 1.82) is 0 Å². The first-order valence-corrected chi connectivity index (χ1v) is 6.36. The molecule has 1 heterocycles. The van der Waals surface area contributed by atoms with Crippen LogP contribution in [0.1, 0.15) is 19.8 Å². The lowest BCUT2D eigenvalue weighted by molar-refractivity contribution is 0.0464. The van der Waals surface area contributed by atoms with Crippen molar-refractivity contribution in [3.05, 3.63) is 6.07 Å². The number of rotatable bonds is 5. The van der Waals surface area contributed by atoms with E-state index in [1.54, 1.807) is 0 Å². The summed E-state index contributed by atoms with van der Waals surface area (Å²) < 4.78 is 0. The van der Waals surface area contributed by atoms with E-state index < -0.39 is 0 Å². The molecule has 0 amide bonds. The van der Waals surface area contributed by atoms with Crippen molar-refractivity contribution < 1.29 is 5.11 Å². The standard InChI is InChI=1S/C12H21N5O/c1-3-14-10-6-11(16-12(13)15-10)17(2)7-8-4-9(18)5-8/h6,8-9,18H,3-5,7H2,1-2H3,(H3,13,14,15,16). The average molecular weight is 251 g/mol. The lowest BCUT2D eigenvalue weighted by atomic mass is 9.82. The van der Waals surface area contributed by atoms with E-state index in [0.29, 0.717) is 5.92 Å². The van der Waals surface area contributed by atoms with Crippen molar-refractivity contribution in [3.8, 4) is 0 Å². The average Bonchev–Trinajstić information content (AvgIpc) is 2.26. The van der Waals surface area contributed by atoms with E-state index in [1.165, 1.54) is 0 Å². The van der Waals surface area contributed by atoms with E-state index in [9.17, 15) is 5.11 Å². The zero-order valence-electron chi connectivity index (χ0n) is 10.9. The summed E-state index contributed by atoms with van der Waals surface area (Å²) in [4.78, 5) is 10.4. The Hall–Kier alpha value is -1.56. The van der Waals surface area contributed by atoms with Gasteiger partial charge in [-0.2, -0.15) is 9.97 Å². The molecule has 1 aliphatic carbocycles. The van der Waals surface area contributed by atoms with E-state index in [4.69, 9.17) is 5.73 Å². The third-order valence-electron chi connectivity index (χ3n) is 3.22. The fourth-order valence-corrected chi connectivity index (χ4v) is 2.25. The highest BCUT2D eigenvalue weighted by Gasteiger charge is 2.28. The lowest BCUT2D eigenvalue weighted by Crippen LogP contribution is -2.37. The van der Waals surface area contributed by atoms with Crippen LogP contribution in [0.4, 0.5) is 17.6 Å². The summed E-state index contributed by atoms with van der Waals surface area (Å²) >= 11 is 0. The Balaban J connectivity index is 2.02. The van der Waals surface area contributed by atoms with Gasteiger partial charge in [0.05, 0.1) is 6.10 Å². The van der Waals surface area contributed by atoms with E-state index in [2.05, 4.69) is 20.2 Å². The van der Waals surface area contributed by atoms with E-state index >= 15 is 0 Å². The molecule has 0 radical (unpaired) electrons. The zero-order valence-corrected chi connectivity index (χ0v) is 10.9. The summed E-state index contributed by atoms with van der Waals surface area (Å²) in [7, 11) is 1.99. The molecule has 18 heavy (non-hydrogen) atoms. The molecule has 0 spiro atoms. The number of nitrogens with one attached hydrogen (secondary N) is 1. The van der Waals surface area contributed by atoms with Gasteiger partial charge in [-0.15, -0.1) is 0 Å². The fourth-order valence-electron chi connectivity index (χ4n) is 2.25. The smallest absolute Gasteiger partial charge is 0.223 e. The SMILES string of the molecule is CCNc1cc(N(C)CC2CC(O)C2)nc(N)n1. The van der Waals surface area contributed by atoms with Crippen LogP contribution >= 0.6 is 0 Å². The van der Waals surface area contributed by atoms with Gasteiger partial charge in [-0.25, -0.2) is 0 Å². The van der Waals surface area contributed by atoms with Crippen molar-refractivity contribution in [2.75, 3.05) is 36.1 Å². The van der Waals surface area contributed by atoms with Crippen LogP contribution in [0.2, 0.25) is 0 Å². The predicted molar refractivity (Wildman–Crippen MR) is 72.6 cm³/mol. The van der Waals surface area contributed by atoms with Crippen LogP contribution in [0.5, 0.6) is 0 Å². The summed E-state index contributed by atoms with van der Waals surface area (Å²) in [5.41, 5.74) is 5.70. The third kappa shape index (κ3) is 3.01. The van der Waals surface area contributed by atoms with Gasteiger partial charge in [0.25, 0.3) is 0 Å². The van der Waals surface area contributed by atoms with Crippen molar-refractivity contribution in [1.82, 2.24) is 9.97 Å². The van der Waals surface area contributed by atoms with Gasteiger partial charge in [0, 0.05) is 26.2 Å².